The molecule has 0 aliphatic rings. The van der Waals surface area contributed by atoms with Gasteiger partial charge in [0.1, 0.15) is 5.75 Å². The summed E-state index contributed by atoms with van der Waals surface area (Å²) in [5.74, 6) is 0.421. The normalized spacial score (nSPS) is 11.9. The SMILES string of the molecule is Cc1ccc(C)c([C@@H](C)NC(=O)COc2ccc(Cl)cc2Br)c1. The Labute approximate surface area is 150 Å². The van der Waals surface area contributed by atoms with E-state index in [4.69, 9.17) is 16.3 Å². The first-order valence-electron chi connectivity index (χ1n) is 7.31. The van der Waals surface area contributed by atoms with Crippen LogP contribution in [0.2, 0.25) is 5.02 Å². The highest BCUT2D eigenvalue weighted by Crippen LogP contribution is 2.28. The number of ether oxygens (including phenoxy) is 1. The van der Waals surface area contributed by atoms with Crippen molar-refractivity contribution in [1.29, 1.82) is 0 Å². The summed E-state index contributed by atoms with van der Waals surface area (Å²) in [6.07, 6.45) is 0. The van der Waals surface area contributed by atoms with E-state index in [1.165, 1.54) is 5.56 Å². The van der Waals surface area contributed by atoms with Gasteiger partial charge in [-0.25, -0.2) is 0 Å². The molecule has 1 N–H and O–H groups in total. The van der Waals surface area contributed by atoms with Crippen LogP contribution in [0.4, 0.5) is 0 Å². The summed E-state index contributed by atoms with van der Waals surface area (Å²) in [6, 6.07) is 11.3. The number of hydrogen-bond donors (Lipinski definition) is 1. The number of carbonyl (C=O) groups is 1. The average molecular weight is 397 g/mol. The summed E-state index contributed by atoms with van der Waals surface area (Å²) in [5, 5.41) is 3.57. The molecule has 23 heavy (non-hydrogen) atoms. The summed E-state index contributed by atoms with van der Waals surface area (Å²) >= 11 is 9.24. The Morgan fingerprint density at radius 1 is 1.26 bits per heavy atom. The molecule has 5 heteroatoms. The molecule has 0 radical (unpaired) electrons. The van der Waals surface area contributed by atoms with Gasteiger partial charge in [0.2, 0.25) is 0 Å². The fraction of sp³-hybridized carbons (Fsp3) is 0.278. The second kappa shape index (κ2) is 7.84. The van der Waals surface area contributed by atoms with Crippen molar-refractivity contribution in [3.63, 3.8) is 0 Å². The van der Waals surface area contributed by atoms with Gasteiger partial charge in [-0.05, 0) is 66.0 Å². The molecule has 0 unspecified atom stereocenters. The lowest BCUT2D eigenvalue weighted by atomic mass is 10.00. The van der Waals surface area contributed by atoms with E-state index in [-0.39, 0.29) is 18.6 Å². The smallest absolute Gasteiger partial charge is 0.258 e. The summed E-state index contributed by atoms with van der Waals surface area (Å²) in [6.45, 7) is 6.00. The molecular weight excluding hydrogens is 378 g/mol. The Balaban J connectivity index is 1.95. The van der Waals surface area contributed by atoms with E-state index < -0.39 is 0 Å². The van der Waals surface area contributed by atoms with Gasteiger partial charge in [-0.1, -0.05) is 35.4 Å². The zero-order valence-corrected chi connectivity index (χ0v) is 15.7. The zero-order chi connectivity index (χ0) is 17.0. The van der Waals surface area contributed by atoms with Crippen molar-refractivity contribution in [2.75, 3.05) is 6.61 Å². The Hall–Kier alpha value is -1.52. The van der Waals surface area contributed by atoms with Crippen LogP contribution in [0.25, 0.3) is 0 Å². The largest absolute Gasteiger partial charge is 0.483 e. The minimum absolute atomic E-state index is 0.0462. The molecule has 1 amide bonds. The monoisotopic (exact) mass is 395 g/mol. The summed E-state index contributed by atoms with van der Waals surface area (Å²) in [4.78, 5) is 12.1. The molecule has 0 saturated heterocycles. The first-order valence-corrected chi connectivity index (χ1v) is 8.48. The number of rotatable bonds is 5. The van der Waals surface area contributed by atoms with Crippen molar-refractivity contribution in [1.82, 2.24) is 5.32 Å². The Bertz CT molecular complexity index is 718. The predicted octanol–water partition coefficient (Wildman–Crippen LogP) is 4.98. The van der Waals surface area contributed by atoms with Crippen molar-refractivity contribution in [3.05, 3.63) is 62.6 Å². The van der Waals surface area contributed by atoms with Crippen molar-refractivity contribution < 1.29 is 9.53 Å². The van der Waals surface area contributed by atoms with E-state index >= 15 is 0 Å². The van der Waals surface area contributed by atoms with Crippen molar-refractivity contribution in [2.45, 2.75) is 26.8 Å². The topological polar surface area (TPSA) is 38.3 Å². The standard InChI is InChI=1S/C18H19BrClNO2/c1-11-4-5-12(2)15(8-11)13(3)21-18(22)10-23-17-7-6-14(20)9-16(17)19/h4-9,13H,10H2,1-3H3,(H,21,22)/t13-/m1/s1. The van der Waals surface area contributed by atoms with E-state index in [9.17, 15) is 4.79 Å². The number of amides is 1. The van der Waals surface area contributed by atoms with Crippen LogP contribution in [-0.4, -0.2) is 12.5 Å². The molecule has 0 bridgehead atoms. The van der Waals surface area contributed by atoms with Crippen LogP contribution < -0.4 is 10.1 Å². The Kier molecular flexibility index (Phi) is 6.08. The lowest BCUT2D eigenvalue weighted by Crippen LogP contribution is -2.31. The van der Waals surface area contributed by atoms with Crippen LogP contribution in [0.1, 0.15) is 29.7 Å². The van der Waals surface area contributed by atoms with Crippen LogP contribution in [0.15, 0.2) is 40.9 Å². The van der Waals surface area contributed by atoms with E-state index in [1.807, 2.05) is 20.8 Å². The van der Waals surface area contributed by atoms with Crippen LogP contribution in [0.3, 0.4) is 0 Å². The molecule has 0 spiro atoms. The summed E-state index contributed by atoms with van der Waals surface area (Å²) in [5.41, 5.74) is 3.45. The van der Waals surface area contributed by atoms with Gasteiger partial charge in [-0.15, -0.1) is 0 Å². The maximum absolute atomic E-state index is 12.1. The highest BCUT2D eigenvalue weighted by atomic mass is 79.9. The summed E-state index contributed by atoms with van der Waals surface area (Å²) < 4.78 is 6.25. The van der Waals surface area contributed by atoms with Gasteiger partial charge < -0.3 is 10.1 Å². The number of nitrogens with one attached hydrogen (secondary N) is 1. The molecule has 0 heterocycles. The highest BCUT2D eigenvalue weighted by molar-refractivity contribution is 9.10. The molecule has 0 aromatic heterocycles. The number of carbonyl (C=O) groups excluding carboxylic acids is 1. The molecule has 0 aliphatic heterocycles. The van der Waals surface area contributed by atoms with Crippen LogP contribution in [-0.2, 0) is 4.79 Å². The van der Waals surface area contributed by atoms with Crippen molar-refractivity contribution in [3.8, 4) is 5.75 Å². The molecule has 1 atom stereocenters. The van der Waals surface area contributed by atoms with Gasteiger partial charge in [0.05, 0.1) is 10.5 Å². The molecule has 122 valence electrons. The minimum Gasteiger partial charge on any atom is -0.483 e. The number of aryl methyl sites for hydroxylation is 2. The molecule has 2 aromatic rings. The highest BCUT2D eigenvalue weighted by Gasteiger charge is 2.13. The van der Waals surface area contributed by atoms with E-state index in [1.54, 1.807) is 18.2 Å². The molecule has 2 rings (SSSR count). The molecule has 0 aliphatic carbocycles. The average Bonchev–Trinajstić information content (AvgIpc) is 2.48. The maximum atomic E-state index is 12.1. The van der Waals surface area contributed by atoms with Crippen LogP contribution in [0, 0.1) is 13.8 Å². The summed E-state index contributed by atoms with van der Waals surface area (Å²) in [7, 11) is 0. The molecule has 2 aromatic carbocycles. The van der Waals surface area contributed by atoms with Gasteiger partial charge in [-0.2, -0.15) is 0 Å². The molecule has 0 saturated carbocycles. The number of halogens is 2. The maximum Gasteiger partial charge on any atom is 0.258 e. The molecule has 0 fully saturated rings. The fourth-order valence-electron chi connectivity index (χ4n) is 2.32. The molecular formula is C18H19BrClNO2. The van der Waals surface area contributed by atoms with Crippen LogP contribution in [0.5, 0.6) is 5.75 Å². The zero-order valence-electron chi connectivity index (χ0n) is 13.3. The van der Waals surface area contributed by atoms with Crippen molar-refractivity contribution in [2.24, 2.45) is 0 Å². The van der Waals surface area contributed by atoms with Gasteiger partial charge in [0.25, 0.3) is 5.91 Å². The van der Waals surface area contributed by atoms with Gasteiger partial charge in [0, 0.05) is 5.02 Å². The predicted molar refractivity (Wildman–Crippen MR) is 97.1 cm³/mol. The first kappa shape index (κ1) is 17.8. The molecule has 3 nitrogen and oxygen atoms in total. The van der Waals surface area contributed by atoms with Crippen LogP contribution >= 0.6 is 27.5 Å². The van der Waals surface area contributed by atoms with Gasteiger partial charge in [0.15, 0.2) is 6.61 Å². The minimum atomic E-state index is -0.166. The quantitative estimate of drug-likeness (QED) is 0.774. The first-order chi connectivity index (χ1) is 10.9. The third kappa shape index (κ3) is 4.98. The second-order valence-corrected chi connectivity index (χ2v) is 6.80. The van der Waals surface area contributed by atoms with E-state index in [2.05, 4.69) is 39.4 Å². The van der Waals surface area contributed by atoms with Gasteiger partial charge in [-0.3, -0.25) is 4.79 Å². The fourth-order valence-corrected chi connectivity index (χ4v) is 3.12. The third-order valence-corrected chi connectivity index (χ3v) is 4.39. The lowest BCUT2D eigenvalue weighted by molar-refractivity contribution is -0.123. The Morgan fingerprint density at radius 2 is 2.00 bits per heavy atom. The second-order valence-electron chi connectivity index (χ2n) is 5.51. The van der Waals surface area contributed by atoms with E-state index in [0.29, 0.717) is 10.8 Å². The van der Waals surface area contributed by atoms with E-state index in [0.717, 1.165) is 15.6 Å². The number of benzene rings is 2. The Morgan fingerprint density at radius 3 is 2.70 bits per heavy atom. The van der Waals surface area contributed by atoms with Crippen molar-refractivity contribution >= 4 is 33.4 Å². The third-order valence-electron chi connectivity index (χ3n) is 3.53. The van der Waals surface area contributed by atoms with Gasteiger partial charge >= 0.3 is 0 Å². The number of hydrogen-bond acceptors (Lipinski definition) is 2. The lowest BCUT2D eigenvalue weighted by Gasteiger charge is -2.17.